The monoisotopic (exact) mass is 344 g/mol. The summed E-state index contributed by atoms with van der Waals surface area (Å²) in [5.41, 5.74) is -0.235. The Bertz CT molecular complexity index is 525. The lowest BCUT2D eigenvalue weighted by atomic mass is 9.53. The molecule has 5 fully saturated rings. The quantitative estimate of drug-likeness (QED) is 0.837. The molecule has 0 radical (unpaired) electrons. The van der Waals surface area contributed by atoms with E-state index in [2.05, 4.69) is 5.32 Å². The Labute approximate surface area is 139 Å². The van der Waals surface area contributed by atoms with Crippen molar-refractivity contribution in [2.75, 3.05) is 6.54 Å². The topological polar surface area (TPSA) is 49.4 Å². The molecule has 7 heteroatoms. The summed E-state index contributed by atoms with van der Waals surface area (Å²) < 4.78 is 38.2. The van der Waals surface area contributed by atoms with Crippen LogP contribution in [0.3, 0.4) is 0 Å². The molecular weight excluding hydrogens is 321 g/mol. The number of rotatable bonds is 2. The Balaban J connectivity index is 1.47. The first kappa shape index (κ1) is 16.2. The van der Waals surface area contributed by atoms with Crippen molar-refractivity contribution in [3.8, 4) is 0 Å². The smallest absolute Gasteiger partial charge is 0.349 e. The fourth-order valence-corrected chi connectivity index (χ4v) is 6.05. The molecule has 1 unspecified atom stereocenters. The molecule has 1 aliphatic heterocycles. The van der Waals surface area contributed by atoms with Crippen LogP contribution in [0, 0.1) is 17.8 Å². The van der Waals surface area contributed by atoms with Crippen molar-refractivity contribution in [1.29, 1.82) is 0 Å². The van der Waals surface area contributed by atoms with E-state index in [0.717, 1.165) is 24.2 Å². The lowest BCUT2D eigenvalue weighted by Gasteiger charge is -2.57. The van der Waals surface area contributed by atoms with Crippen LogP contribution in [0.5, 0.6) is 0 Å². The van der Waals surface area contributed by atoms with Crippen LogP contribution in [-0.2, 0) is 9.59 Å². The van der Waals surface area contributed by atoms with Gasteiger partial charge in [-0.05, 0) is 69.1 Å². The molecule has 1 saturated heterocycles. The van der Waals surface area contributed by atoms with E-state index >= 15 is 0 Å². The van der Waals surface area contributed by atoms with Gasteiger partial charge in [0.15, 0.2) is 0 Å². The second-order valence-electron chi connectivity index (χ2n) is 8.34. The minimum Gasteiger partial charge on any atom is -0.349 e. The molecule has 24 heavy (non-hydrogen) atoms. The average Bonchev–Trinajstić information content (AvgIpc) is 2.92. The number of alkyl halides is 3. The molecule has 0 aromatic rings. The van der Waals surface area contributed by atoms with Gasteiger partial charge in [0.25, 0.3) is 0 Å². The predicted molar refractivity (Wildman–Crippen MR) is 79.8 cm³/mol. The standard InChI is InChI=1S/C17H23F3N2O2/c18-17(19,20)15(24)22-3-1-2-13(22)14(23)21-16-7-10-4-11(8-16)6-12(5-10)9-16/h10-13H,1-9H2,(H,21,23). The molecule has 1 N–H and O–H groups in total. The first-order valence-electron chi connectivity index (χ1n) is 8.96. The summed E-state index contributed by atoms with van der Waals surface area (Å²) in [6.07, 6.45) is 2.40. The van der Waals surface area contributed by atoms with Crippen molar-refractivity contribution in [2.45, 2.75) is 69.1 Å². The third-order valence-corrected chi connectivity index (χ3v) is 6.49. The molecule has 5 aliphatic rings. The summed E-state index contributed by atoms with van der Waals surface area (Å²) in [6, 6.07) is -0.966. The summed E-state index contributed by atoms with van der Waals surface area (Å²) in [4.78, 5) is 25.0. The Morgan fingerprint density at radius 2 is 1.54 bits per heavy atom. The van der Waals surface area contributed by atoms with Gasteiger partial charge in [-0.2, -0.15) is 13.2 Å². The molecular formula is C17H23F3N2O2. The lowest BCUT2D eigenvalue weighted by molar-refractivity contribution is -0.187. The van der Waals surface area contributed by atoms with Crippen LogP contribution < -0.4 is 5.32 Å². The molecule has 4 bridgehead atoms. The van der Waals surface area contributed by atoms with E-state index in [-0.39, 0.29) is 18.0 Å². The molecule has 1 atom stereocenters. The van der Waals surface area contributed by atoms with Crippen molar-refractivity contribution in [3.63, 3.8) is 0 Å². The maximum absolute atomic E-state index is 12.7. The van der Waals surface area contributed by atoms with Crippen LogP contribution in [0.25, 0.3) is 0 Å². The first-order chi connectivity index (χ1) is 11.3. The van der Waals surface area contributed by atoms with Gasteiger partial charge in [0.2, 0.25) is 5.91 Å². The second kappa shape index (κ2) is 5.36. The van der Waals surface area contributed by atoms with Crippen molar-refractivity contribution >= 4 is 11.8 Å². The van der Waals surface area contributed by atoms with E-state index in [0.29, 0.717) is 30.6 Å². The summed E-state index contributed by atoms with van der Waals surface area (Å²) in [5, 5.41) is 3.10. The minimum atomic E-state index is -4.91. The predicted octanol–water partition coefficient (Wildman–Crippen LogP) is 2.62. The van der Waals surface area contributed by atoms with E-state index in [9.17, 15) is 22.8 Å². The van der Waals surface area contributed by atoms with Crippen LogP contribution in [0.1, 0.15) is 51.4 Å². The highest BCUT2D eigenvalue weighted by molar-refractivity contribution is 5.90. The van der Waals surface area contributed by atoms with Crippen LogP contribution in [0.15, 0.2) is 0 Å². The van der Waals surface area contributed by atoms with E-state index in [1.54, 1.807) is 0 Å². The third kappa shape index (κ3) is 2.69. The number of hydrogen-bond donors (Lipinski definition) is 1. The SMILES string of the molecule is O=C(NC12CC3CC(CC(C3)C1)C2)C1CCCN1C(=O)C(F)(F)F. The molecule has 4 nitrogen and oxygen atoms in total. The van der Waals surface area contributed by atoms with E-state index < -0.39 is 18.1 Å². The minimum absolute atomic E-state index is 0.0112. The molecule has 4 aliphatic carbocycles. The van der Waals surface area contributed by atoms with Gasteiger partial charge >= 0.3 is 12.1 Å². The second-order valence-corrected chi connectivity index (χ2v) is 8.34. The molecule has 5 rings (SSSR count). The average molecular weight is 344 g/mol. The van der Waals surface area contributed by atoms with E-state index in [1.165, 1.54) is 19.3 Å². The van der Waals surface area contributed by atoms with E-state index in [4.69, 9.17) is 0 Å². The third-order valence-electron chi connectivity index (χ3n) is 6.49. The van der Waals surface area contributed by atoms with Gasteiger partial charge in [0.05, 0.1) is 0 Å². The largest absolute Gasteiger partial charge is 0.471 e. The number of hydrogen-bond acceptors (Lipinski definition) is 2. The molecule has 0 aromatic heterocycles. The number of halogens is 3. The number of nitrogens with one attached hydrogen (secondary N) is 1. The van der Waals surface area contributed by atoms with Gasteiger partial charge in [0, 0.05) is 12.1 Å². The number of carbonyl (C=O) groups is 2. The molecule has 2 amide bonds. The summed E-state index contributed by atoms with van der Waals surface area (Å²) in [7, 11) is 0. The number of amides is 2. The van der Waals surface area contributed by atoms with Gasteiger partial charge in [-0.15, -0.1) is 0 Å². The first-order valence-corrected chi connectivity index (χ1v) is 8.96. The highest BCUT2D eigenvalue weighted by Gasteiger charge is 2.53. The van der Waals surface area contributed by atoms with Crippen LogP contribution in [0.4, 0.5) is 13.2 Å². The van der Waals surface area contributed by atoms with Crippen LogP contribution in [0.2, 0.25) is 0 Å². The zero-order valence-electron chi connectivity index (χ0n) is 13.6. The fraction of sp³-hybridized carbons (Fsp3) is 0.882. The molecule has 4 saturated carbocycles. The van der Waals surface area contributed by atoms with Gasteiger partial charge in [-0.3, -0.25) is 9.59 Å². The van der Waals surface area contributed by atoms with Gasteiger partial charge < -0.3 is 10.2 Å². The number of carbonyl (C=O) groups excluding carboxylic acids is 2. The number of likely N-dealkylation sites (tertiary alicyclic amines) is 1. The molecule has 0 aromatic carbocycles. The summed E-state index contributed by atoms with van der Waals surface area (Å²) in [6.45, 7) is 0.0112. The van der Waals surface area contributed by atoms with Gasteiger partial charge in [-0.1, -0.05) is 0 Å². The van der Waals surface area contributed by atoms with Crippen molar-refractivity contribution in [2.24, 2.45) is 17.8 Å². The normalized spacial score (nSPS) is 40.9. The maximum atomic E-state index is 12.7. The number of nitrogens with zero attached hydrogens (tertiary/aromatic N) is 1. The molecule has 1 heterocycles. The fourth-order valence-electron chi connectivity index (χ4n) is 6.05. The summed E-state index contributed by atoms with van der Waals surface area (Å²) >= 11 is 0. The van der Waals surface area contributed by atoms with Crippen molar-refractivity contribution in [1.82, 2.24) is 10.2 Å². The highest BCUT2D eigenvalue weighted by Crippen LogP contribution is 2.55. The Morgan fingerprint density at radius 1 is 1.00 bits per heavy atom. The van der Waals surface area contributed by atoms with Gasteiger partial charge in [-0.25, -0.2) is 0 Å². The van der Waals surface area contributed by atoms with Crippen LogP contribution in [-0.4, -0.2) is 41.0 Å². The Kier molecular flexibility index (Phi) is 3.62. The zero-order valence-corrected chi connectivity index (χ0v) is 13.6. The van der Waals surface area contributed by atoms with Crippen LogP contribution >= 0.6 is 0 Å². The van der Waals surface area contributed by atoms with Crippen molar-refractivity contribution in [3.05, 3.63) is 0 Å². The van der Waals surface area contributed by atoms with Gasteiger partial charge in [0.1, 0.15) is 6.04 Å². The molecule has 134 valence electrons. The molecule has 0 spiro atoms. The summed E-state index contributed by atoms with van der Waals surface area (Å²) in [5.74, 6) is -0.327. The lowest BCUT2D eigenvalue weighted by Crippen LogP contribution is -2.62. The maximum Gasteiger partial charge on any atom is 0.471 e. The van der Waals surface area contributed by atoms with Crippen molar-refractivity contribution < 1.29 is 22.8 Å². The van der Waals surface area contributed by atoms with E-state index in [1.807, 2.05) is 0 Å². The Hall–Kier alpha value is -1.27. The Morgan fingerprint density at radius 3 is 2.04 bits per heavy atom. The zero-order chi connectivity index (χ0) is 17.1. The highest BCUT2D eigenvalue weighted by atomic mass is 19.4.